The second-order valence-corrected chi connectivity index (χ2v) is 4.68. The molecule has 0 unspecified atom stereocenters. The van der Waals surface area contributed by atoms with Crippen LogP contribution in [-0.4, -0.2) is 0 Å². The van der Waals surface area contributed by atoms with Gasteiger partial charge in [-0.05, 0) is 36.8 Å². The molecule has 0 aromatic heterocycles. The van der Waals surface area contributed by atoms with Crippen LogP contribution in [0.25, 0.3) is 0 Å². The van der Waals surface area contributed by atoms with Crippen LogP contribution < -0.4 is 5.32 Å². The highest BCUT2D eigenvalue weighted by Crippen LogP contribution is 2.28. The Morgan fingerprint density at radius 2 is 1.89 bits per heavy atom. The summed E-state index contributed by atoms with van der Waals surface area (Å²) in [5.41, 5.74) is 2.93. The van der Waals surface area contributed by atoms with E-state index in [1.165, 1.54) is 0 Å². The molecule has 0 aliphatic rings. The van der Waals surface area contributed by atoms with Crippen LogP contribution >= 0.6 is 23.2 Å². The molecule has 0 saturated heterocycles. The van der Waals surface area contributed by atoms with E-state index in [4.69, 9.17) is 28.5 Å². The summed E-state index contributed by atoms with van der Waals surface area (Å²) in [6.07, 6.45) is 0. The average Bonchev–Trinajstić information content (AvgIpc) is 2.34. The molecule has 0 fully saturated rings. The van der Waals surface area contributed by atoms with Gasteiger partial charge in [0.15, 0.2) is 0 Å². The van der Waals surface area contributed by atoms with Gasteiger partial charge in [0.1, 0.15) is 6.07 Å². The van der Waals surface area contributed by atoms with Crippen molar-refractivity contribution in [3.05, 3.63) is 57.6 Å². The number of anilines is 2. The first-order chi connectivity index (χ1) is 8.61. The molecular formula is C14H10Cl2N2. The van der Waals surface area contributed by atoms with Gasteiger partial charge in [-0.25, -0.2) is 0 Å². The van der Waals surface area contributed by atoms with Gasteiger partial charge in [0, 0.05) is 10.7 Å². The third kappa shape index (κ3) is 2.59. The zero-order valence-corrected chi connectivity index (χ0v) is 11.2. The van der Waals surface area contributed by atoms with Crippen LogP contribution in [0.4, 0.5) is 11.4 Å². The van der Waals surface area contributed by atoms with E-state index < -0.39 is 0 Å². The fraction of sp³-hybridized carbons (Fsp3) is 0.0714. The van der Waals surface area contributed by atoms with Crippen molar-refractivity contribution in [2.24, 2.45) is 0 Å². The molecule has 90 valence electrons. The summed E-state index contributed by atoms with van der Waals surface area (Å²) in [7, 11) is 0. The molecule has 18 heavy (non-hydrogen) atoms. The Morgan fingerprint density at radius 1 is 1.11 bits per heavy atom. The largest absolute Gasteiger partial charge is 0.354 e. The van der Waals surface area contributed by atoms with Gasteiger partial charge < -0.3 is 5.32 Å². The molecule has 0 aliphatic heterocycles. The molecule has 1 N–H and O–H groups in total. The number of hydrogen-bond acceptors (Lipinski definition) is 2. The number of nitrogens with one attached hydrogen (secondary N) is 1. The Bertz CT molecular complexity index is 630. The van der Waals surface area contributed by atoms with E-state index in [1.807, 2.05) is 25.1 Å². The van der Waals surface area contributed by atoms with Crippen molar-refractivity contribution in [1.29, 1.82) is 5.26 Å². The fourth-order valence-electron chi connectivity index (χ4n) is 1.57. The molecule has 2 aromatic carbocycles. The SMILES string of the molecule is Cc1ccc(Nc2cccc(Cl)c2C#N)cc1Cl. The Balaban J connectivity index is 2.37. The second-order valence-electron chi connectivity index (χ2n) is 3.86. The highest BCUT2D eigenvalue weighted by molar-refractivity contribution is 6.32. The molecule has 2 nitrogen and oxygen atoms in total. The minimum Gasteiger partial charge on any atom is -0.354 e. The Labute approximate surface area is 116 Å². The van der Waals surface area contributed by atoms with Gasteiger partial charge in [-0.15, -0.1) is 0 Å². The fourth-order valence-corrected chi connectivity index (χ4v) is 1.97. The van der Waals surface area contributed by atoms with E-state index in [-0.39, 0.29) is 0 Å². The Morgan fingerprint density at radius 3 is 2.56 bits per heavy atom. The standard InChI is InChI=1S/C14H10Cl2N2/c1-9-5-6-10(7-13(9)16)18-14-4-2-3-12(15)11(14)8-17/h2-7,18H,1H3. The molecule has 4 heteroatoms. The molecule has 2 rings (SSSR count). The van der Waals surface area contributed by atoms with E-state index in [1.54, 1.807) is 18.2 Å². The van der Waals surface area contributed by atoms with Crippen molar-refractivity contribution in [3.63, 3.8) is 0 Å². The number of rotatable bonds is 2. The van der Waals surface area contributed by atoms with Crippen LogP contribution in [0.5, 0.6) is 0 Å². The molecule has 0 bridgehead atoms. The summed E-state index contributed by atoms with van der Waals surface area (Å²) in [5, 5.41) is 13.3. The predicted molar refractivity (Wildman–Crippen MR) is 75.6 cm³/mol. The van der Waals surface area contributed by atoms with Crippen LogP contribution in [-0.2, 0) is 0 Å². The number of hydrogen-bond donors (Lipinski definition) is 1. The van der Waals surface area contributed by atoms with Crippen LogP contribution in [0.3, 0.4) is 0 Å². The van der Waals surface area contributed by atoms with Crippen LogP contribution in [0, 0.1) is 18.3 Å². The van der Waals surface area contributed by atoms with Crippen molar-refractivity contribution in [2.75, 3.05) is 5.32 Å². The number of aryl methyl sites for hydroxylation is 1. The van der Waals surface area contributed by atoms with Crippen molar-refractivity contribution in [1.82, 2.24) is 0 Å². The van der Waals surface area contributed by atoms with E-state index in [0.717, 1.165) is 11.3 Å². The Hall–Kier alpha value is -1.69. The normalized spacial score (nSPS) is 9.89. The lowest BCUT2D eigenvalue weighted by Crippen LogP contribution is -1.94. The van der Waals surface area contributed by atoms with Gasteiger partial charge in [-0.2, -0.15) is 5.26 Å². The van der Waals surface area contributed by atoms with Gasteiger partial charge in [-0.1, -0.05) is 35.3 Å². The lowest BCUT2D eigenvalue weighted by molar-refractivity contribution is 1.43. The van der Waals surface area contributed by atoms with E-state index in [9.17, 15) is 0 Å². The maximum Gasteiger partial charge on any atom is 0.103 e. The quantitative estimate of drug-likeness (QED) is 0.845. The summed E-state index contributed by atoms with van der Waals surface area (Å²) in [6, 6.07) is 13.0. The molecule has 0 saturated carbocycles. The highest BCUT2D eigenvalue weighted by Gasteiger charge is 2.06. The minimum absolute atomic E-state index is 0.427. The molecule has 0 atom stereocenters. The van der Waals surface area contributed by atoms with Crippen molar-refractivity contribution in [2.45, 2.75) is 6.92 Å². The number of nitrogens with zero attached hydrogens (tertiary/aromatic N) is 1. The zero-order chi connectivity index (χ0) is 13.1. The number of benzene rings is 2. The summed E-state index contributed by atoms with van der Waals surface area (Å²) >= 11 is 12.0. The van der Waals surface area contributed by atoms with Gasteiger partial charge in [0.2, 0.25) is 0 Å². The highest BCUT2D eigenvalue weighted by atomic mass is 35.5. The lowest BCUT2D eigenvalue weighted by Gasteiger charge is -2.10. The van der Waals surface area contributed by atoms with Crippen LogP contribution in [0.15, 0.2) is 36.4 Å². The molecule has 2 aromatic rings. The van der Waals surface area contributed by atoms with Crippen LogP contribution in [0.2, 0.25) is 10.0 Å². The molecule has 0 aliphatic carbocycles. The maximum absolute atomic E-state index is 9.08. The van der Waals surface area contributed by atoms with Crippen molar-refractivity contribution >= 4 is 34.6 Å². The first kappa shape index (κ1) is 12.8. The number of halogens is 2. The van der Waals surface area contributed by atoms with Gasteiger partial charge in [0.25, 0.3) is 0 Å². The van der Waals surface area contributed by atoms with Gasteiger partial charge in [0.05, 0.1) is 16.3 Å². The van der Waals surface area contributed by atoms with E-state index in [0.29, 0.717) is 21.3 Å². The summed E-state index contributed by atoms with van der Waals surface area (Å²) in [5.74, 6) is 0. The minimum atomic E-state index is 0.427. The third-order valence-electron chi connectivity index (χ3n) is 2.58. The lowest BCUT2D eigenvalue weighted by atomic mass is 10.1. The first-order valence-electron chi connectivity index (χ1n) is 5.33. The zero-order valence-electron chi connectivity index (χ0n) is 9.67. The third-order valence-corrected chi connectivity index (χ3v) is 3.30. The Kier molecular flexibility index (Phi) is 3.76. The van der Waals surface area contributed by atoms with Crippen molar-refractivity contribution in [3.8, 4) is 6.07 Å². The summed E-state index contributed by atoms with van der Waals surface area (Å²) < 4.78 is 0. The monoisotopic (exact) mass is 276 g/mol. The molecular weight excluding hydrogens is 267 g/mol. The summed E-state index contributed by atoms with van der Waals surface area (Å²) in [6.45, 7) is 1.94. The first-order valence-corrected chi connectivity index (χ1v) is 6.09. The topological polar surface area (TPSA) is 35.8 Å². The summed E-state index contributed by atoms with van der Waals surface area (Å²) in [4.78, 5) is 0. The smallest absolute Gasteiger partial charge is 0.103 e. The van der Waals surface area contributed by atoms with Crippen LogP contribution in [0.1, 0.15) is 11.1 Å². The number of nitriles is 1. The average molecular weight is 277 g/mol. The molecule has 0 amide bonds. The predicted octanol–water partition coefficient (Wildman–Crippen LogP) is 4.92. The molecule has 0 spiro atoms. The van der Waals surface area contributed by atoms with E-state index in [2.05, 4.69) is 11.4 Å². The molecule has 0 radical (unpaired) electrons. The van der Waals surface area contributed by atoms with E-state index >= 15 is 0 Å². The molecule has 0 heterocycles. The van der Waals surface area contributed by atoms with Gasteiger partial charge >= 0.3 is 0 Å². The van der Waals surface area contributed by atoms with Crippen molar-refractivity contribution < 1.29 is 0 Å². The maximum atomic E-state index is 9.08. The van der Waals surface area contributed by atoms with Gasteiger partial charge in [-0.3, -0.25) is 0 Å². The second kappa shape index (κ2) is 5.30.